The molecule has 1 amide bonds. The maximum atomic E-state index is 12.2. The number of carboxylic acid groups (broad SMARTS) is 1. The van der Waals surface area contributed by atoms with Gasteiger partial charge in [0.1, 0.15) is 11.4 Å². The van der Waals surface area contributed by atoms with Gasteiger partial charge in [0.2, 0.25) is 0 Å². The summed E-state index contributed by atoms with van der Waals surface area (Å²) >= 11 is 0. The summed E-state index contributed by atoms with van der Waals surface area (Å²) in [6, 6.07) is 0. The zero-order chi connectivity index (χ0) is 18.8. The van der Waals surface area contributed by atoms with Gasteiger partial charge in [0.15, 0.2) is 0 Å². The van der Waals surface area contributed by atoms with Gasteiger partial charge in [-0.3, -0.25) is 9.69 Å². The lowest BCUT2D eigenvalue weighted by atomic mass is 10.1. The summed E-state index contributed by atoms with van der Waals surface area (Å²) in [6.07, 6.45) is 5.51. The molecule has 0 fully saturated rings. The number of allylic oxidation sites excluding steroid dienone is 1. The van der Waals surface area contributed by atoms with Gasteiger partial charge in [0.05, 0.1) is 0 Å². The molecule has 1 aliphatic rings. The van der Waals surface area contributed by atoms with Gasteiger partial charge in [-0.25, -0.2) is 9.79 Å². The lowest BCUT2D eigenvalue weighted by Crippen LogP contribution is -2.36. The van der Waals surface area contributed by atoms with Crippen molar-refractivity contribution >= 4 is 18.3 Å². The van der Waals surface area contributed by atoms with Crippen LogP contribution in [0.5, 0.6) is 0 Å². The number of carbonyl (C=O) groups excluding carboxylic acids is 1. The van der Waals surface area contributed by atoms with Crippen LogP contribution in [0.15, 0.2) is 16.4 Å². The Balaban J connectivity index is 0.000000754. The molecule has 0 saturated heterocycles. The van der Waals surface area contributed by atoms with Gasteiger partial charge in [0, 0.05) is 19.2 Å². The average Bonchev–Trinajstić information content (AvgIpc) is 2.61. The van der Waals surface area contributed by atoms with Crippen molar-refractivity contribution in [1.29, 1.82) is 0 Å². The van der Waals surface area contributed by atoms with Crippen LogP contribution in [-0.2, 0) is 9.53 Å². The number of carboxylic acids is 1. The Kier molecular flexibility index (Phi) is 10.0. The predicted molar refractivity (Wildman–Crippen MR) is 96.2 cm³/mol. The van der Waals surface area contributed by atoms with Crippen LogP contribution in [0.25, 0.3) is 0 Å². The van der Waals surface area contributed by atoms with Crippen molar-refractivity contribution in [2.24, 2.45) is 4.99 Å². The monoisotopic (exact) mass is 340 g/mol. The van der Waals surface area contributed by atoms with Crippen LogP contribution in [0.4, 0.5) is 4.79 Å². The van der Waals surface area contributed by atoms with Crippen molar-refractivity contribution in [2.75, 3.05) is 6.54 Å². The molecule has 1 aliphatic heterocycles. The summed E-state index contributed by atoms with van der Waals surface area (Å²) < 4.78 is 5.44. The molecule has 1 rings (SSSR count). The van der Waals surface area contributed by atoms with E-state index in [0.29, 0.717) is 13.0 Å². The normalized spacial score (nSPS) is 15.7. The van der Waals surface area contributed by atoms with Gasteiger partial charge in [-0.2, -0.15) is 0 Å². The van der Waals surface area contributed by atoms with Crippen LogP contribution in [0.2, 0.25) is 0 Å². The minimum atomic E-state index is -0.711. The Hall–Kier alpha value is -1.85. The highest BCUT2D eigenvalue weighted by molar-refractivity contribution is 5.71. The van der Waals surface area contributed by atoms with Gasteiger partial charge in [-0.15, -0.1) is 0 Å². The molecule has 1 heterocycles. The van der Waals surface area contributed by atoms with E-state index in [2.05, 4.69) is 4.99 Å². The topological polar surface area (TPSA) is 79.2 Å². The summed E-state index contributed by atoms with van der Waals surface area (Å²) in [4.78, 5) is 27.8. The van der Waals surface area contributed by atoms with E-state index in [4.69, 9.17) is 9.84 Å². The Bertz CT molecular complexity index is 476. The molecule has 6 heteroatoms. The third-order valence-electron chi connectivity index (χ3n) is 3.15. The Labute approximate surface area is 145 Å². The lowest BCUT2D eigenvalue weighted by molar-refractivity contribution is -0.137. The van der Waals surface area contributed by atoms with Gasteiger partial charge in [-0.05, 0) is 65.9 Å². The average molecular weight is 340 g/mol. The highest BCUT2D eigenvalue weighted by atomic mass is 16.6. The van der Waals surface area contributed by atoms with E-state index in [1.54, 1.807) is 11.1 Å². The number of ether oxygens (including phenoxy) is 1. The van der Waals surface area contributed by atoms with E-state index < -0.39 is 11.6 Å². The van der Waals surface area contributed by atoms with Crippen LogP contribution in [-0.4, -0.2) is 40.4 Å². The van der Waals surface area contributed by atoms with E-state index in [1.165, 1.54) is 0 Å². The smallest absolute Gasteiger partial charge is 0.415 e. The molecule has 0 radical (unpaired) electrons. The number of hydrogen-bond acceptors (Lipinski definition) is 4. The number of amides is 1. The summed E-state index contributed by atoms with van der Waals surface area (Å²) in [5.74, 6) is 0.0433. The summed E-state index contributed by atoms with van der Waals surface area (Å²) in [6.45, 7) is 12.0. The highest BCUT2D eigenvalue weighted by Crippen LogP contribution is 2.24. The fourth-order valence-corrected chi connectivity index (χ4v) is 2.12. The molecule has 0 unspecified atom stereocenters. The first-order valence-corrected chi connectivity index (χ1v) is 8.53. The minimum absolute atomic E-state index is 0.292. The van der Waals surface area contributed by atoms with E-state index >= 15 is 0 Å². The molecule has 1 N–H and O–H groups in total. The molecule has 24 heavy (non-hydrogen) atoms. The summed E-state index contributed by atoms with van der Waals surface area (Å²) in [5.41, 5.74) is 0.676. The second-order valence-electron chi connectivity index (χ2n) is 6.72. The van der Waals surface area contributed by atoms with Gasteiger partial charge in [-0.1, -0.05) is 6.92 Å². The molecule has 0 aliphatic carbocycles. The predicted octanol–water partition coefficient (Wildman–Crippen LogP) is 4.60. The van der Waals surface area contributed by atoms with Crippen LogP contribution in [0.3, 0.4) is 0 Å². The Morgan fingerprint density at radius 1 is 1.33 bits per heavy atom. The SMILES string of the molecule is C/C=N\C1=C(C)CCCCN1C(=O)OC(C)(C)C.CCCC(=O)O. The Morgan fingerprint density at radius 2 is 1.96 bits per heavy atom. The van der Waals surface area contributed by atoms with Crippen LogP contribution >= 0.6 is 0 Å². The number of hydrogen-bond donors (Lipinski definition) is 1. The third kappa shape index (κ3) is 9.33. The molecule has 0 bridgehead atoms. The van der Waals surface area contributed by atoms with Crippen molar-refractivity contribution in [1.82, 2.24) is 4.90 Å². The van der Waals surface area contributed by atoms with Crippen molar-refractivity contribution in [2.45, 2.75) is 79.2 Å². The molecule has 0 aromatic carbocycles. The molecular weight excluding hydrogens is 308 g/mol. The molecule has 0 aromatic rings. The van der Waals surface area contributed by atoms with Crippen molar-refractivity contribution in [3.63, 3.8) is 0 Å². The van der Waals surface area contributed by atoms with Crippen LogP contribution in [0, 0.1) is 0 Å². The molecule has 0 saturated carbocycles. The zero-order valence-electron chi connectivity index (χ0n) is 15.9. The highest BCUT2D eigenvalue weighted by Gasteiger charge is 2.26. The molecule has 6 nitrogen and oxygen atoms in total. The number of rotatable bonds is 3. The summed E-state index contributed by atoms with van der Waals surface area (Å²) in [5, 5.41) is 7.91. The van der Waals surface area contributed by atoms with Gasteiger partial charge >= 0.3 is 12.1 Å². The fourth-order valence-electron chi connectivity index (χ4n) is 2.12. The largest absolute Gasteiger partial charge is 0.481 e. The maximum Gasteiger partial charge on any atom is 0.415 e. The third-order valence-corrected chi connectivity index (χ3v) is 3.15. The molecule has 0 atom stereocenters. The Morgan fingerprint density at radius 3 is 2.38 bits per heavy atom. The summed E-state index contributed by atoms with van der Waals surface area (Å²) in [7, 11) is 0. The molecule has 0 spiro atoms. The van der Waals surface area contributed by atoms with E-state index in [9.17, 15) is 9.59 Å². The molecular formula is C18H32N2O4. The first kappa shape index (κ1) is 22.1. The fraction of sp³-hybridized carbons (Fsp3) is 0.722. The van der Waals surface area contributed by atoms with E-state index in [-0.39, 0.29) is 6.09 Å². The van der Waals surface area contributed by atoms with Crippen molar-refractivity contribution < 1.29 is 19.4 Å². The number of nitrogens with zero attached hydrogens (tertiary/aromatic N) is 2. The quantitative estimate of drug-likeness (QED) is 0.761. The first-order chi connectivity index (χ1) is 11.1. The van der Waals surface area contributed by atoms with Crippen LogP contribution in [0.1, 0.15) is 73.6 Å². The molecule has 138 valence electrons. The zero-order valence-corrected chi connectivity index (χ0v) is 15.9. The lowest BCUT2D eigenvalue weighted by Gasteiger charge is -2.27. The van der Waals surface area contributed by atoms with Gasteiger partial charge in [0.25, 0.3) is 0 Å². The van der Waals surface area contributed by atoms with Crippen molar-refractivity contribution in [3.8, 4) is 0 Å². The first-order valence-electron chi connectivity index (χ1n) is 8.53. The molecule has 0 aromatic heterocycles. The standard InChI is InChI=1S/C14H24N2O2.C4H8O2/c1-6-15-12-11(2)9-7-8-10-16(12)13(17)18-14(3,4)5;1-2-3-4(5)6/h6H,7-10H2,1-5H3;2-3H2,1H3,(H,5,6)/b15-6-;. The maximum absolute atomic E-state index is 12.2. The van der Waals surface area contributed by atoms with E-state index in [1.807, 2.05) is 41.5 Å². The second kappa shape index (κ2) is 10.8. The van der Waals surface area contributed by atoms with E-state index in [0.717, 1.165) is 37.1 Å². The van der Waals surface area contributed by atoms with Crippen LogP contribution < -0.4 is 0 Å². The second-order valence-corrected chi connectivity index (χ2v) is 6.72. The number of aliphatic imine (C=N–C) groups is 1. The number of carbonyl (C=O) groups is 2. The van der Waals surface area contributed by atoms with Crippen molar-refractivity contribution in [3.05, 3.63) is 11.4 Å². The number of aliphatic carboxylic acids is 1. The minimum Gasteiger partial charge on any atom is -0.481 e. The van der Waals surface area contributed by atoms with Gasteiger partial charge < -0.3 is 9.84 Å².